The van der Waals surface area contributed by atoms with E-state index in [-0.39, 0.29) is 5.92 Å². The molecule has 0 fully saturated rings. The van der Waals surface area contributed by atoms with Crippen molar-refractivity contribution in [1.82, 2.24) is 0 Å². The molecule has 0 saturated carbocycles. The first-order valence-electron chi connectivity index (χ1n) is 11.1. The number of carboxylic acids is 1. The van der Waals surface area contributed by atoms with Crippen molar-refractivity contribution < 1.29 is 9.90 Å². The monoisotopic (exact) mass is 352 g/mol. The van der Waals surface area contributed by atoms with Crippen LogP contribution in [-0.4, -0.2) is 11.1 Å². The van der Waals surface area contributed by atoms with Gasteiger partial charge in [0.25, 0.3) is 0 Å². The Bertz CT molecular complexity index is 309. The van der Waals surface area contributed by atoms with Crippen LogP contribution in [0.25, 0.3) is 0 Å². The predicted octanol–water partition coefficient (Wildman–Crippen LogP) is 7.91. The van der Waals surface area contributed by atoms with Crippen LogP contribution in [0.3, 0.4) is 0 Å². The molecule has 1 N–H and O–H groups in total. The van der Waals surface area contributed by atoms with Crippen molar-refractivity contribution >= 4 is 5.97 Å². The lowest BCUT2D eigenvalue weighted by atomic mass is 9.99. The van der Waals surface area contributed by atoms with Gasteiger partial charge in [-0.1, -0.05) is 116 Å². The molecule has 2 nitrogen and oxygen atoms in total. The van der Waals surface area contributed by atoms with E-state index in [0.29, 0.717) is 0 Å². The van der Waals surface area contributed by atoms with Crippen LogP contribution < -0.4 is 0 Å². The normalized spacial score (nSPS) is 12.7. The Hall–Kier alpha value is -0.790. The molecule has 2 heteroatoms. The van der Waals surface area contributed by atoms with Crippen LogP contribution in [-0.2, 0) is 4.79 Å². The molecule has 0 aliphatic heterocycles. The minimum absolute atomic E-state index is 0.273. The lowest BCUT2D eigenvalue weighted by Gasteiger charge is -2.07. The molecule has 0 heterocycles. The Morgan fingerprint density at radius 2 is 1.16 bits per heavy atom. The van der Waals surface area contributed by atoms with Gasteiger partial charge in [-0.15, -0.1) is 0 Å². The van der Waals surface area contributed by atoms with Crippen LogP contribution in [0.2, 0.25) is 0 Å². The number of carboxylic acid groups (broad SMARTS) is 1. The van der Waals surface area contributed by atoms with E-state index >= 15 is 0 Å². The second-order valence-electron chi connectivity index (χ2n) is 7.55. The third-order valence-corrected chi connectivity index (χ3v) is 5.03. The van der Waals surface area contributed by atoms with E-state index in [9.17, 15) is 9.90 Å². The molecule has 1 unspecified atom stereocenters. The molecule has 0 aliphatic carbocycles. The van der Waals surface area contributed by atoms with Gasteiger partial charge in [0.15, 0.2) is 0 Å². The van der Waals surface area contributed by atoms with Gasteiger partial charge in [-0.2, -0.15) is 0 Å². The Labute approximate surface area is 157 Å². The smallest absolute Gasteiger partial charge is 0.310 e. The van der Waals surface area contributed by atoms with Gasteiger partial charge < -0.3 is 5.11 Å². The highest BCUT2D eigenvalue weighted by molar-refractivity contribution is 5.72. The molecule has 0 aliphatic rings. The summed E-state index contributed by atoms with van der Waals surface area (Å²) in [5.41, 5.74) is 0. The summed E-state index contributed by atoms with van der Waals surface area (Å²) >= 11 is 0. The first kappa shape index (κ1) is 24.2. The summed E-state index contributed by atoms with van der Waals surface area (Å²) in [6.45, 7) is 4.46. The molecule has 148 valence electrons. The maximum atomic E-state index is 11.3. The van der Waals surface area contributed by atoms with E-state index in [2.05, 4.69) is 19.9 Å². The van der Waals surface area contributed by atoms with E-state index < -0.39 is 5.97 Å². The van der Waals surface area contributed by atoms with Crippen molar-refractivity contribution in [3.05, 3.63) is 12.2 Å². The molecule has 0 amide bonds. The Balaban J connectivity index is 3.49. The van der Waals surface area contributed by atoms with Gasteiger partial charge in [0.1, 0.15) is 0 Å². The maximum Gasteiger partial charge on any atom is 0.310 e. The fraction of sp³-hybridized carbons (Fsp3) is 0.870. The summed E-state index contributed by atoms with van der Waals surface area (Å²) in [6, 6.07) is 0. The summed E-state index contributed by atoms with van der Waals surface area (Å²) < 4.78 is 0. The second kappa shape index (κ2) is 19.5. The zero-order chi connectivity index (χ0) is 18.6. The third kappa shape index (κ3) is 17.8. The summed E-state index contributed by atoms with van der Waals surface area (Å²) in [6.07, 6.45) is 25.4. The van der Waals surface area contributed by atoms with Crippen LogP contribution in [0.4, 0.5) is 0 Å². The number of unbranched alkanes of at least 4 members (excludes halogenated alkanes) is 14. The number of hydrogen-bond donors (Lipinski definition) is 1. The SMILES string of the molecule is CCCCC/C=C/C(CCCCCCCCCCCCCC)C(=O)O. The standard InChI is InChI=1S/C23H44O2/c1-3-5-7-9-10-11-12-13-14-15-17-19-21-22(23(24)25)20-18-16-8-6-4-2/h18,20,22H,3-17,19,21H2,1-2H3,(H,24,25)/b20-18+. The van der Waals surface area contributed by atoms with E-state index in [4.69, 9.17) is 0 Å². The summed E-state index contributed by atoms with van der Waals surface area (Å²) in [5.74, 6) is -0.931. The maximum absolute atomic E-state index is 11.3. The topological polar surface area (TPSA) is 37.3 Å². The van der Waals surface area contributed by atoms with E-state index in [0.717, 1.165) is 19.3 Å². The number of rotatable bonds is 19. The first-order valence-corrected chi connectivity index (χ1v) is 11.1. The summed E-state index contributed by atoms with van der Waals surface area (Å²) in [7, 11) is 0. The average molecular weight is 353 g/mol. The molecule has 1 atom stereocenters. The van der Waals surface area contributed by atoms with Gasteiger partial charge in [-0.25, -0.2) is 0 Å². The van der Waals surface area contributed by atoms with Gasteiger partial charge in [0.2, 0.25) is 0 Å². The fourth-order valence-electron chi connectivity index (χ4n) is 3.28. The third-order valence-electron chi connectivity index (χ3n) is 5.03. The quantitative estimate of drug-likeness (QED) is 0.189. The van der Waals surface area contributed by atoms with Gasteiger partial charge in [0, 0.05) is 0 Å². The zero-order valence-corrected chi connectivity index (χ0v) is 17.1. The molecule has 0 aromatic carbocycles. The molecule has 0 saturated heterocycles. The van der Waals surface area contributed by atoms with Gasteiger partial charge in [0.05, 0.1) is 5.92 Å². The molecule has 25 heavy (non-hydrogen) atoms. The zero-order valence-electron chi connectivity index (χ0n) is 17.1. The van der Waals surface area contributed by atoms with E-state index in [1.807, 2.05) is 6.08 Å². The largest absolute Gasteiger partial charge is 0.481 e. The van der Waals surface area contributed by atoms with Crippen molar-refractivity contribution in [2.24, 2.45) is 5.92 Å². The number of allylic oxidation sites excluding steroid dienone is 1. The molecule has 0 radical (unpaired) electrons. The molecular weight excluding hydrogens is 308 g/mol. The molecule has 0 spiro atoms. The minimum atomic E-state index is -0.658. The van der Waals surface area contributed by atoms with Crippen LogP contribution in [0.15, 0.2) is 12.2 Å². The summed E-state index contributed by atoms with van der Waals surface area (Å²) in [5, 5.41) is 9.30. The Morgan fingerprint density at radius 3 is 1.64 bits per heavy atom. The number of aliphatic carboxylic acids is 1. The van der Waals surface area contributed by atoms with Gasteiger partial charge in [-0.3, -0.25) is 4.79 Å². The molecule has 0 bridgehead atoms. The highest BCUT2D eigenvalue weighted by Crippen LogP contribution is 2.16. The molecule has 0 aromatic heterocycles. The molecule has 0 aromatic rings. The van der Waals surface area contributed by atoms with Crippen molar-refractivity contribution in [2.75, 3.05) is 0 Å². The minimum Gasteiger partial charge on any atom is -0.481 e. The first-order chi connectivity index (χ1) is 12.2. The second-order valence-corrected chi connectivity index (χ2v) is 7.55. The van der Waals surface area contributed by atoms with E-state index in [1.165, 1.54) is 89.9 Å². The lowest BCUT2D eigenvalue weighted by Crippen LogP contribution is -2.10. The van der Waals surface area contributed by atoms with Gasteiger partial charge in [-0.05, 0) is 19.3 Å². The highest BCUT2D eigenvalue weighted by atomic mass is 16.4. The van der Waals surface area contributed by atoms with Crippen LogP contribution in [0.5, 0.6) is 0 Å². The van der Waals surface area contributed by atoms with Crippen molar-refractivity contribution in [3.63, 3.8) is 0 Å². The summed E-state index contributed by atoms with van der Waals surface area (Å²) in [4.78, 5) is 11.3. The predicted molar refractivity (Wildman–Crippen MR) is 110 cm³/mol. The number of hydrogen-bond acceptors (Lipinski definition) is 1. The Kier molecular flexibility index (Phi) is 18.9. The highest BCUT2D eigenvalue weighted by Gasteiger charge is 2.12. The van der Waals surface area contributed by atoms with Crippen molar-refractivity contribution in [3.8, 4) is 0 Å². The van der Waals surface area contributed by atoms with Crippen molar-refractivity contribution in [1.29, 1.82) is 0 Å². The van der Waals surface area contributed by atoms with Crippen LogP contribution in [0, 0.1) is 5.92 Å². The molecular formula is C23H44O2. The lowest BCUT2D eigenvalue weighted by molar-refractivity contribution is -0.140. The average Bonchev–Trinajstić information content (AvgIpc) is 2.60. The van der Waals surface area contributed by atoms with Crippen molar-refractivity contribution in [2.45, 2.75) is 123 Å². The molecule has 0 rings (SSSR count). The van der Waals surface area contributed by atoms with Crippen LogP contribution >= 0.6 is 0 Å². The number of carbonyl (C=O) groups is 1. The fourth-order valence-corrected chi connectivity index (χ4v) is 3.28. The van der Waals surface area contributed by atoms with Gasteiger partial charge >= 0.3 is 5.97 Å². The Morgan fingerprint density at radius 1 is 0.720 bits per heavy atom. The van der Waals surface area contributed by atoms with E-state index in [1.54, 1.807) is 0 Å². The van der Waals surface area contributed by atoms with Crippen LogP contribution in [0.1, 0.15) is 123 Å².